The van der Waals surface area contributed by atoms with E-state index in [0.717, 1.165) is 30.2 Å². The van der Waals surface area contributed by atoms with Gasteiger partial charge in [-0.25, -0.2) is 8.42 Å². The van der Waals surface area contributed by atoms with Crippen LogP contribution in [0.5, 0.6) is 0 Å². The molecule has 6 nitrogen and oxygen atoms in total. The Hall–Kier alpha value is -1.60. The smallest absolute Gasteiger partial charge is 0.191 e. The minimum Gasteiger partial charge on any atom is -0.355 e. The number of guanidine groups is 1. The number of rotatable bonds is 7. The van der Waals surface area contributed by atoms with Crippen LogP contribution in [0.4, 0.5) is 0 Å². The summed E-state index contributed by atoms with van der Waals surface area (Å²) in [5, 5.41) is 6.76. The van der Waals surface area contributed by atoms with E-state index in [1.165, 1.54) is 25.6 Å². The van der Waals surface area contributed by atoms with Crippen LogP contribution in [0.15, 0.2) is 28.1 Å². The molecule has 1 aromatic carbocycles. The maximum atomic E-state index is 11.7. The number of nitrogens with one attached hydrogen (secondary N) is 2. The summed E-state index contributed by atoms with van der Waals surface area (Å²) < 4.78 is 23.5. The highest BCUT2D eigenvalue weighted by atomic mass is 32.2. The zero-order chi connectivity index (χ0) is 20.0. The standard InChI is InChI=1S/C20H34N4O2S/c1-15(2)14-24-10-6-7-18(24)13-23-20(21-4)22-12-17-8-9-19(16(3)11-17)27(5,25)26/h8-9,11,15,18H,6-7,10,12-14H2,1-5H3,(H2,21,22,23)/t18-/m1/s1. The highest BCUT2D eigenvalue weighted by molar-refractivity contribution is 7.90. The lowest BCUT2D eigenvalue weighted by Gasteiger charge is -2.27. The Balaban J connectivity index is 1.88. The van der Waals surface area contributed by atoms with Crippen molar-refractivity contribution in [2.45, 2.75) is 51.1 Å². The molecule has 1 aliphatic heterocycles. The first-order valence-electron chi connectivity index (χ1n) is 9.69. The van der Waals surface area contributed by atoms with Crippen molar-refractivity contribution in [2.24, 2.45) is 10.9 Å². The Kier molecular flexibility index (Phi) is 7.68. The van der Waals surface area contributed by atoms with Gasteiger partial charge in [-0.2, -0.15) is 0 Å². The van der Waals surface area contributed by atoms with Gasteiger partial charge in [-0.05, 0) is 49.4 Å². The molecule has 2 rings (SSSR count). The molecule has 2 N–H and O–H groups in total. The minimum atomic E-state index is -3.18. The van der Waals surface area contributed by atoms with Crippen molar-refractivity contribution < 1.29 is 8.42 Å². The Morgan fingerprint density at radius 3 is 2.67 bits per heavy atom. The normalized spacial score (nSPS) is 18.9. The van der Waals surface area contributed by atoms with Crippen LogP contribution in [0.25, 0.3) is 0 Å². The number of benzene rings is 1. The monoisotopic (exact) mass is 394 g/mol. The Labute approximate surface area is 164 Å². The number of hydrogen-bond acceptors (Lipinski definition) is 4. The van der Waals surface area contributed by atoms with Crippen molar-refractivity contribution in [2.75, 3.05) is 32.9 Å². The van der Waals surface area contributed by atoms with Gasteiger partial charge in [0.15, 0.2) is 15.8 Å². The van der Waals surface area contributed by atoms with E-state index in [1.54, 1.807) is 13.1 Å². The lowest BCUT2D eigenvalue weighted by Crippen LogP contribution is -2.45. The fourth-order valence-electron chi connectivity index (χ4n) is 3.69. The van der Waals surface area contributed by atoms with Crippen molar-refractivity contribution in [1.82, 2.24) is 15.5 Å². The predicted molar refractivity (Wildman–Crippen MR) is 112 cm³/mol. The van der Waals surface area contributed by atoms with E-state index in [0.29, 0.717) is 23.4 Å². The summed E-state index contributed by atoms with van der Waals surface area (Å²) >= 11 is 0. The zero-order valence-electron chi connectivity index (χ0n) is 17.2. The largest absolute Gasteiger partial charge is 0.355 e. The summed E-state index contributed by atoms with van der Waals surface area (Å²) in [6, 6.07) is 6.01. The van der Waals surface area contributed by atoms with Gasteiger partial charge in [-0.1, -0.05) is 26.0 Å². The second-order valence-corrected chi connectivity index (χ2v) is 9.85. The molecule has 0 amide bonds. The van der Waals surface area contributed by atoms with Crippen LogP contribution in [0.1, 0.15) is 37.8 Å². The molecule has 1 saturated heterocycles. The van der Waals surface area contributed by atoms with Crippen molar-refractivity contribution in [3.8, 4) is 0 Å². The number of likely N-dealkylation sites (tertiary alicyclic amines) is 1. The Morgan fingerprint density at radius 2 is 2.07 bits per heavy atom. The van der Waals surface area contributed by atoms with Gasteiger partial charge in [0.25, 0.3) is 0 Å². The van der Waals surface area contributed by atoms with Gasteiger partial charge < -0.3 is 10.6 Å². The van der Waals surface area contributed by atoms with Gasteiger partial charge in [0, 0.05) is 39.0 Å². The zero-order valence-corrected chi connectivity index (χ0v) is 18.1. The summed E-state index contributed by atoms with van der Waals surface area (Å²) in [5.74, 6) is 1.46. The molecule has 0 unspecified atom stereocenters. The summed E-state index contributed by atoms with van der Waals surface area (Å²) in [5.41, 5.74) is 1.81. The maximum Gasteiger partial charge on any atom is 0.191 e. The second kappa shape index (κ2) is 9.55. The molecule has 1 aromatic rings. The van der Waals surface area contributed by atoms with Crippen LogP contribution in [0.3, 0.4) is 0 Å². The fourth-order valence-corrected chi connectivity index (χ4v) is 4.65. The average Bonchev–Trinajstić information content (AvgIpc) is 3.00. The SMILES string of the molecule is CN=C(NCc1ccc(S(C)(=O)=O)c(C)c1)NC[C@H]1CCCN1CC(C)C. The summed E-state index contributed by atoms with van der Waals surface area (Å²) in [6.07, 6.45) is 3.73. The first-order chi connectivity index (χ1) is 12.7. The number of nitrogens with zero attached hydrogens (tertiary/aromatic N) is 2. The topological polar surface area (TPSA) is 73.8 Å². The summed E-state index contributed by atoms with van der Waals surface area (Å²) in [6.45, 7) is 10.2. The second-order valence-electron chi connectivity index (χ2n) is 7.86. The quantitative estimate of drug-likeness (QED) is 0.548. The summed E-state index contributed by atoms with van der Waals surface area (Å²) in [7, 11) is -1.41. The molecule has 7 heteroatoms. The molecular weight excluding hydrogens is 360 g/mol. The molecule has 0 radical (unpaired) electrons. The highest BCUT2D eigenvalue weighted by Gasteiger charge is 2.24. The van der Waals surface area contributed by atoms with E-state index >= 15 is 0 Å². The van der Waals surface area contributed by atoms with Crippen LogP contribution >= 0.6 is 0 Å². The number of hydrogen-bond donors (Lipinski definition) is 2. The van der Waals surface area contributed by atoms with Crippen LogP contribution < -0.4 is 10.6 Å². The van der Waals surface area contributed by atoms with Gasteiger partial charge in [0.05, 0.1) is 4.90 Å². The van der Waals surface area contributed by atoms with Gasteiger partial charge in [0.2, 0.25) is 0 Å². The van der Waals surface area contributed by atoms with Crippen molar-refractivity contribution in [3.63, 3.8) is 0 Å². The highest BCUT2D eigenvalue weighted by Crippen LogP contribution is 2.18. The van der Waals surface area contributed by atoms with E-state index < -0.39 is 9.84 Å². The molecule has 1 aliphatic rings. The van der Waals surface area contributed by atoms with E-state index in [4.69, 9.17) is 0 Å². The fraction of sp³-hybridized carbons (Fsp3) is 0.650. The lowest BCUT2D eigenvalue weighted by atomic mass is 10.1. The molecule has 152 valence electrons. The van der Waals surface area contributed by atoms with Gasteiger partial charge in [-0.15, -0.1) is 0 Å². The molecule has 1 atom stereocenters. The number of sulfone groups is 1. The van der Waals surface area contributed by atoms with Gasteiger partial charge >= 0.3 is 0 Å². The molecule has 0 spiro atoms. The first-order valence-corrected chi connectivity index (χ1v) is 11.6. The van der Waals surface area contributed by atoms with E-state index in [-0.39, 0.29) is 0 Å². The maximum absolute atomic E-state index is 11.7. The molecular formula is C20H34N4O2S. The molecule has 0 aromatic heterocycles. The first kappa shape index (κ1) is 21.7. The molecule has 0 saturated carbocycles. The van der Waals surface area contributed by atoms with Crippen LogP contribution in [0, 0.1) is 12.8 Å². The minimum absolute atomic E-state index is 0.389. The molecule has 1 heterocycles. The average molecular weight is 395 g/mol. The van der Waals surface area contributed by atoms with Crippen LogP contribution in [-0.4, -0.2) is 58.3 Å². The Bertz CT molecular complexity index is 759. The Morgan fingerprint density at radius 1 is 1.33 bits per heavy atom. The van der Waals surface area contributed by atoms with E-state index in [2.05, 4.69) is 34.4 Å². The van der Waals surface area contributed by atoms with Crippen molar-refractivity contribution in [1.29, 1.82) is 0 Å². The molecule has 0 aliphatic carbocycles. The summed E-state index contributed by atoms with van der Waals surface area (Å²) in [4.78, 5) is 7.27. The molecule has 27 heavy (non-hydrogen) atoms. The third-order valence-electron chi connectivity index (χ3n) is 4.93. The van der Waals surface area contributed by atoms with E-state index in [9.17, 15) is 8.42 Å². The number of aliphatic imine (C=N–C) groups is 1. The van der Waals surface area contributed by atoms with Crippen molar-refractivity contribution >= 4 is 15.8 Å². The van der Waals surface area contributed by atoms with Crippen LogP contribution in [-0.2, 0) is 16.4 Å². The predicted octanol–water partition coefficient (Wildman–Crippen LogP) is 2.18. The number of aryl methyl sites for hydroxylation is 1. The van der Waals surface area contributed by atoms with E-state index in [1.807, 2.05) is 19.1 Å². The molecule has 1 fully saturated rings. The third kappa shape index (κ3) is 6.50. The van der Waals surface area contributed by atoms with Crippen molar-refractivity contribution in [3.05, 3.63) is 29.3 Å². The van der Waals surface area contributed by atoms with Gasteiger partial charge in [0.1, 0.15) is 0 Å². The third-order valence-corrected chi connectivity index (χ3v) is 6.18. The van der Waals surface area contributed by atoms with Crippen LogP contribution in [0.2, 0.25) is 0 Å². The molecule has 0 bridgehead atoms. The lowest BCUT2D eigenvalue weighted by molar-refractivity contribution is 0.226. The van der Waals surface area contributed by atoms with Gasteiger partial charge in [-0.3, -0.25) is 9.89 Å².